The highest BCUT2D eigenvalue weighted by Gasteiger charge is 2.38. The van der Waals surface area contributed by atoms with E-state index in [9.17, 15) is 26.7 Å². The SMILES string of the molecule is CCS(=O)(=O)c1ccc2c(c1)N(S(=O)(=O)c1ccc(Cl)cc1)C[C@H](C(=O)O)O2. The Balaban J connectivity index is 2.18. The third kappa shape index (κ3) is 3.67. The van der Waals surface area contributed by atoms with Gasteiger partial charge in [-0.15, -0.1) is 0 Å². The average molecular weight is 446 g/mol. The minimum absolute atomic E-state index is 0.0359. The summed E-state index contributed by atoms with van der Waals surface area (Å²) in [6.45, 7) is 0.955. The number of carbonyl (C=O) groups is 1. The van der Waals surface area contributed by atoms with E-state index in [0.717, 1.165) is 4.31 Å². The summed E-state index contributed by atoms with van der Waals surface area (Å²) in [4.78, 5) is 11.2. The second-order valence-electron chi connectivity index (χ2n) is 5.97. The molecule has 0 saturated heterocycles. The van der Waals surface area contributed by atoms with Gasteiger partial charge in [0.1, 0.15) is 5.75 Å². The van der Waals surface area contributed by atoms with Crippen molar-refractivity contribution in [2.75, 3.05) is 16.6 Å². The Bertz CT molecular complexity index is 1130. The van der Waals surface area contributed by atoms with Crippen LogP contribution in [0.15, 0.2) is 52.3 Å². The van der Waals surface area contributed by atoms with Crippen LogP contribution in [-0.4, -0.2) is 46.3 Å². The fourth-order valence-corrected chi connectivity index (χ4v) is 5.17. The number of carboxylic acid groups (broad SMARTS) is 1. The predicted octanol–water partition coefficient (Wildman–Crippen LogP) is 2.17. The van der Waals surface area contributed by atoms with Gasteiger partial charge in [-0.05, 0) is 42.5 Å². The van der Waals surface area contributed by atoms with Crippen LogP contribution in [0.5, 0.6) is 5.75 Å². The Hall–Kier alpha value is -2.30. The zero-order chi connectivity index (χ0) is 20.7. The Morgan fingerprint density at radius 2 is 1.75 bits per heavy atom. The van der Waals surface area contributed by atoms with Crippen molar-refractivity contribution in [2.24, 2.45) is 0 Å². The maximum atomic E-state index is 13.1. The number of halogens is 1. The minimum atomic E-state index is -4.19. The van der Waals surface area contributed by atoms with Crippen LogP contribution in [0.1, 0.15) is 6.92 Å². The number of carboxylic acids is 1. The van der Waals surface area contributed by atoms with E-state index >= 15 is 0 Å². The number of hydrogen-bond acceptors (Lipinski definition) is 6. The Morgan fingerprint density at radius 3 is 2.32 bits per heavy atom. The summed E-state index contributed by atoms with van der Waals surface area (Å²) in [6.07, 6.45) is -1.44. The van der Waals surface area contributed by atoms with Crippen molar-refractivity contribution in [1.29, 1.82) is 0 Å². The van der Waals surface area contributed by atoms with Gasteiger partial charge in [-0.1, -0.05) is 18.5 Å². The number of sulfonamides is 1. The van der Waals surface area contributed by atoms with Crippen LogP contribution in [-0.2, 0) is 24.7 Å². The molecule has 1 heterocycles. The molecule has 2 aromatic carbocycles. The molecule has 0 aromatic heterocycles. The molecule has 0 bridgehead atoms. The number of anilines is 1. The lowest BCUT2D eigenvalue weighted by molar-refractivity contribution is -0.144. The van der Waals surface area contributed by atoms with Gasteiger partial charge in [0.2, 0.25) is 6.10 Å². The largest absolute Gasteiger partial charge is 0.478 e. The Kier molecular flexibility index (Phi) is 5.30. The van der Waals surface area contributed by atoms with E-state index in [1.54, 1.807) is 0 Å². The van der Waals surface area contributed by atoms with E-state index in [-0.39, 0.29) is 27.0 Å². The third-order valence-electron chi connectivity index (χ3n) is 4.22. The van der Waals surface area contributed by atoms with E-state index in [0.29, 0.717) is 5.02 Å². The first-order chi connectivity index (χ1) is 13.1. The molecule has 0 saturated carbocycles. The van der Waals surface area contributed by atoms with Crippen molar-refractivity contribution in [3.63, 3.8) is 0 Å². The molecular weight excluding hydrogens is 430 g/mol. The standard InChI is InChI=1S/C17H16ClNO7S2/c1-2-27(22,23)13-7-8-15-14(9-13)19(10-16(26-15)17(20)21)28(24,25)12-5-3-11(18)4-6-12/h3-9,16H,2,10H2,1H3,(H,20,21)/t16-/m1/s1. The van der Waals surface area contributed by atoms with E-state index in [1.165, 1.54) is 49.4 Å². The van der Waals surface area contributed by atoms with Crippen LogP contribution in [0.25, 0.3) is 0 Å². The summed E-state index contributed by atoms with van der Waals surface area (Å²) in [6, 6.07) is 9.06. The molecule has 1 atom stereocenters. The van der Waals surface area contributed by atoms with Crippen molar-refractivity contribution in [3.8, 4) is 5.75 Å². The van der Waals surface area contributed by atoms with Crippen LogP contribution in [0, 0.1) is 0 Å². The van der Waals surface area contributed by atoms with Crippen LogP contribution in [0.4, 0.5) is 5.69 Å². The number of rotatable bonds is 5. The zero-order valence-corrected chi connectivity index (χ0v) is 17.0. The van der Waals surface area contributed by atoms with Crippen molar-refractivity contribution >= 4 is 43.1 Å². The molecule has 1 N–H and O–H groups in total. The molecule has 0 amide bonds. The molecule has 28 heavy (non-hydrogen) atoms. The summed E-state index contributed by atoms with van der Waals surface area (Å²) in [5, 5.41) is 9.65. The van der Waals surface area contributed by atoms with Crippen LogP contribution in [0.2, 0.25) is 5.02 Å². The van der Waals surface area contributed by atoms with Gasteiger partial charge in [-0.25, -0.2) is 21.6 Å². The topological polar surface area (TPSA) is 118 Å². The van der Waals surface area contributed by atoms with Crippen LogP contribution >= 0.6 is 11.6 Å². The molecule has 1 aliphatic heterocycles. The molecule has 0 unspecified atom stereocenters. The number of hydrogen-bond donors (Lipinski definition) is 1. The number of fused-ring (bicyclic) bond motifs is 1. The second kappa shape index (κ2) is 7.26. The van der Waals surface area contributed by atoms with Crippen molar-refractivity contribution in [3.05, 3.63) is 47.5 Å². The van der Waals surface area contributed by atoms with Gasteiger partial charge in [0, 0.05) is 5.02 Å². The maximum absolute atomic E-state index is 13.1. The van der Waals surface area contributed by atoms with Crippen LogP contribution < -0.4 is 9.04 Å². The monoisotopic (exact) mass is 445 g/mol. The van der Waals surface area contributed by atoms with Gasteiger partial charge >= 0.3 is 5.97 Å². The number of aliphatic carboxylic acids is 1. The maximum Gasteiger partial charge on any atom is 0.346 e. The molecule has 1 aliphatic rings. The van der Waals surface area contributed by atoms with E-state index in [1.807, 2.05) is 0 Å². The van der Waals surface area contributed by atoms with Gasteiger partial charge in [-0.2, -0.15) is 0 Å². The molecule has 0 aliphatic carbocycles. The van der Waals surface area contributed by atoms with Gasteiger partial charge in [0.25, 0.3) is 10.0 Å². The number of ether oxygens (including phenoxy) is 1. The summed E-state index contributed by atoms with van der Waals surface area (Å²) in [7, 11) is -7.80. The molecule has 150 valence electrons. The molecular formula is C17H16ClNO7S2. The number of nitrogens with zero attached hydrogens (tertiary/aromatic N) is 1. The first-order valence-corrected chi connectivity index (χ1v) is 11.6. The predicted molar refractivity (Wildman–Crippen MR) is 102 cm³/mol. The van der Waals surface area contributed by atoms with E-state index in [2.05, 4.69) is 0 Å². The fraction of sp³-hybridized carbons (Fsp3) is 0.235. The second-order valence-corrected chi connectivity index (χ2v) is 10.5. The summed E-state index contributed by atoms with van der Waals surface area (Å²) in [5.74, 6) is -1.55. The Labute approximate surface area is 167 Å². The number of benzene rings is 2. The smallest absolute Gasteiger partial charge is 0.346 e. The first-order valence-electron chi connectivity index (χ1n) is 8.11. The summed E-state index contributed by atoms with van der Waals surface area (Å²) >= 11 is 5.81. The van der Waals surface area contributed by atoms with Crippen molar-refractivity contribution < 1.29 is 31.5 Å². The quantitative estimate of drug-likeness (QED) is 0.749. The van der Waals surface area contributed by atoms with Crippen molar-refractivity contribution in [2.45, 2.75) is 22.8 Å². The van der Waals surface area contributed by atoms with Crippen molar-refractivity contribution in [1.82, 2.24) is 0 Å². The van der Waals surface area contributed by atoms with Crippen LogP contribution in [0.3, 0.4) is 0 Å². The molecule has 2 aromatic rings. The highest BCUT2D eigenvalue weighted by molar-refractivity contribution is 7.93. The van der Waals surface area contributed by atoms with E-state index in [4.69, 9.17) is 16.3 Å². The average Bonchev–Trinajstić information content (AvgIpc) is 2.66. The summed E-state index contributed by atoms with van der Waals surface area (Å²) < 4.78 is 56.9. The lowest BCUT2D eigenvalue weighted by atomic mass is 10.2. The zero-order valence-electron chi connectivity index (χ0n) is 14.6. The van der Waals surface area contributed by atoms with E-state index < -0.39 is 38.5 Å². The molecule has 11 heteroatoms. The lowest BCUT2D eigenvalue weighted by Crippen LogP contribution is -2.47. The van der Waals surface area contributed by atoms with Gasteiger partial charge in [-0.3, -0.25) is 4.31 Å². The minimum Gasteiger partial charge on any atom is -0.478 e. The molecule has 0 fully saturated rings. The highest BCUT2D eigenvalue weighted by atomic mass is 35.5. The molecule has 8 nitrogen and oxygen atoms in total. The molecule has 0 spiro atoms. The fourth-order valence-electron chi connectivity index (χ4n) is 2.68. The normalized spacial score (nSPS) is 16.9. The highest BCUT2D eigenvalue weighted by Crippen LogP contribution is 2.39. The number of sulfone groups is 1. The lowest BCUT2D eigenvalue weighted by Gasteiger charge is -2.34. The molecule has 0 radical (unpaired) electrons. The molecule has 3 rings (SSSR count). The van der Waals surface area contributed by atoms with Gasteiger partial charge in [0.15, 0.2) is 9.84 Å². The van der Waals surface area contributed by atoms with Gasteiger partial charge < -0.3 is 9.84 Å². The third-order valence-corrected chi connectivity index (χ3v) is 7.99. The summed E-state index contributed by atoms with van der Waals surface area (Å²) in [5.41, 5.74) is -0.0398. The Morgan fingerprint density at radius 1 is 1.14 bits per heavy atom. The first kappa shape index (κ1) is 20.4. The van der Waals surface area contributed by atoms with Gasteiger partial charge in [0.05, 0.1) is 27.8 Å².